The van der Waals surface area contributed by atoms with Crippen molar-refractivity contribution >= 4 is 28.9 Å². The first-order chi connectivity index (χ1) is 9.31. The quantitative estimate of drug-likeness (QED) is 0.662. The molecule has 2 heteroatoms. The molecule has 0 aliphatic heterocycles. The average Bonchev–Trinajstić information content (AvgIpc) is 2.39. The van der Waals surface area contributed by atoms with E-state index < -0.39 is 0 Å². The molecule has 0 spiro atoms. The number of ether oxygens (including phenoxy) is 1. The number of benzene rings is 2. The summed E-state index contributed by atoms with van der Waals surface area (Å²) >= 11 is 0.918. The third kappa shape index (κ3) is 3.38. The summed E-state index contributed by atoms with van der Waals surface area (Å²) in [5.41, 5.74) is 2.55. The molecular formula is C17H17OTl. The normalized spacial score (nSPS) is 14.9. The minimum atomic E-state index is 0.793. The first kappa shape index (κ1) is 13.2. The second kappa shape index (κ2) is 6.08. The van der Waals surface area contributed by atoms with Gasteiger partial charge in [0.25, 0.3) is 0 Å². The van der Waals surface area contributed by atoms with Crippen LogP contribution in [-0.4, -0.2) is 32.4 Å². The Bertz CT molecular complexity index is 526. The zero-order chi connectivity index (χ0) is 13.1. The van der Waals surface area contributed by atoms with Crippen LogP contribution in [0.2, 0.25) is 0 Å². The molecule has 0 radical (unpaired) electrons. The molecule has 1 aliphatic rings. The molecule has 1 saturated carbocycles. The second-order valence-electron chi connectivity index (χ2n) is 5.25. The summed E-state index contributed by atoms with van der Waals surface area (Å²) in [6.07, 6.45) is 4.06. The zero-order valence-corrected chi connectivity index (χ0v) is 15.5. The van der Waals surface area contributed by atoms with E-state index in [1.54, 1.807) is 0 Å². The Morgan fingerprint density at radius 2 is 1.47 bits per heavy atom. The van der Waals surface area contributed by atoms with E-state index in [0.29, 0.717) is 0 Å². The molecule has 2 aromatic rings. The first-order valence-electron chi connectivity index (χ1n) is 6.90. The molecule has 1 fully saturated rings. The van der Waals surface area contributed by atoms with Crippen molar-refractivity contribution in [1.29, 1.82) is 0 Å². The van der Waals surface area contributed by atoms with Gasteiger partial charge in [0, 0.05) is 0 Å². The first-order valence-corrected chi connectivity index (χ1v) is 9.14. The topological polar surface area (TPSA) is 9.23 Å². The van der Waals surface area contributed by atoms with Crippen molar-refractivity contribution in [2.75, 3.05) is 6.61 Å². The summed E-state index contributed by atoms with van der Waals surface area (Å²) in [7, 11) is 0. The Morgan fingerprint density at radius 1 is 0.895 bits per heavy atom. The molecule has 0 N–H and O–H groups in total. The van der Waals surface area contributed by atoms with Crippen molar-refractivity contribution in [2.45, 2.75) is 19.3 Å². The molecule has 0 aromatic heterocycles. The Labute approximate surface area is 130 Å². The van der Waals surface area contributed by atoms with Gasteiger partial charge in [-0.3, -0.25) is 0 Å². The third-order valence-corrected chi connectivity index (χ3v) is 5.31. The van der Waals surface area contributed by atoms with Gasteiger partial charge in [-0.2, -0.15) is 0 Å². The van der Waals surface area contributed by atoms with E-state index in [1.165, 1.54) is 33.5 Å². The van der Waals surface area contributed by atoms with E-state index in [4.69, 9.17) is 4.74 Å². The van der Waals surface area contributed by atoms with E-state index in [-0.39, 0.29) is 0 Å². The van der Waals surface area contributed by atoms with Crippen LogP contribution in [-0.2, 0) is 0 Å². The summed E-state index contributed by atoms with van der Waals surface area (Å²) in [5.74, 6) is 1.79. The second-order valence-corrected chi connectivity index (χ2v) is 7.85. The van der Waals surface area contributed by atoms with Crippen LogP contribution in [0.25, 0.3) is 11.1 Å². The van der Waals surface area contributed by atoms with Gasteiger partial charge in [-0.15, -0.1) is 0 Å². The molecule has 0 saturated heterocycles. The van der Waals surface area contributed by atoms with Crippen LogP contribution in [0.5, 0.6) is 5.75 Å². The van der Waals surface area contributed by atoms with E-state index in [2.05, 4.69) is 48.5 Å². The van der Waals surface area contributed by atoms with Crippen molar-refractivity contribution in [3.63, 3.8) is 0 Å². The third-order valence-electron chi connectivity index (χ3n) is 3.81. The van der Waals surface area contributed by atoms with E-state index >= 15 is 0 Å². The van der Waals surface area contributed by atoms with E-state index in [9.17, 15) is 0 Å². The molecule has 0 unspecified atom stereocenters. The fourth-order valence-corrected chi connectivity index (χ4v) is 3.04. The number of hydrogen-bond acceptors (Lipinski definition) is 1. The van der Waals surface area contributed by atoms with Gasteiger partial charge in [0.2, 0.25) is 0 Å². The van der Waals surface area contributed by atoms with Crippen LogP contribution >= 0.6 is 0 Å². The molecule has 0 bridgehead atoms. The summed E-state index contributed by atoms with van der Waals surface area (Å²) in [6.45, 7) is 0.884. The van der Waals surface area contributed by atoms with Gasteiger partial charge < -0.3 is 0 Å². The number of rotatable bonds is 4. The van der Waals surface area contributed by atoms with Gasteiger partial charge in [0.1, 0.15) is 0 Å². The van der Waals surface area contributed by atoms with Gasteiger partial charge in [0.05, 0.1) is 0 Å². The Morgan fingerprint density at radius 3 is 2.00 bits per heavy atom. The van der Waals surface area contributed by atoms with Crippen LogP contribution in [0.1, 0.15) is 19.3 Å². The van der Waals surface area contributed by atoms with Gasteiger partial charge in [-0.25, -0.2) is 0 Å². The number of hydrogen-bond donors (Lipinski definition) is 0. The van der Waals surface area contributed by atoms with E-state index in [1.807, 2.05) is 0 Å². The molecule has 94 valence electrons. The Hall–Kier alpha value is -0.838. The molecule has 0 amide bonds. The van der Waals surface area contributed by atoms with Crippen molar-refractivity contribution in [2.24, 2.45) is 5.92 Å². The van der Waals surface area contributed by atoms with Crippen LogP contribution in [0, 0.1) is 5.92 Å². The average molecular weight is 442 g/mol. The standard InChI is InChI=1S/C17H17O.Tl/c1-2-7-15(8-3-1)16-9-11-17(12-10-16)18-13-14-5-4-6-14;/h2-3,7-12,14H,4-6,13H2;. The molecular weight excluding hydrogens is 425 g/mol. The van der Waals surface area contributed by atoms with E-state index in [0.717, 1.165) is 44.0 Å². The fourth-order valence-electron chi connectivity index (χ4n) is 2.29. The van der Waals surface area contributed by atoms with Crippen LogP contribution in [0.4, 0.5) is 0 Å². The SMILES string of the molecule is [Tl][c]1ccc(-c2ccc(OCC3CCC3)cc2)cc1. The summed E-state index contributed by atoms with van der Waals surface area (Å²) < 4.78 is 7.29. The van der Waals surface area contributed by atoms with Crippen molar-refractivity contribution < 1.29 is 4.74 Å². The fraction of sp³-hybridized carbons (Fsp3) is 0.294. The van der Waals surface area contributed by atoms with Gasteiger partial charge in [0.15, 0.2) is 0 Å². The molecule has 0 heterocycles. The molecule has 2 aromatic carbocycles. The van der Waals surface area contributed by atoms with Crippen LogP contribution in [0.15, 0.2) is 48.5 Å². The maximum absolute atomic E-state index is 5.83. The summed E-state index contributed by atoms with van der Waals surface area (Å²) in [4.78, 5) is 0. The monoisotopic (exact) mass is 442 g/mol. The van der Waals surface area contributed by atoms with Gasteiger partial charge in [-0.1, -0.05) is 6.42 Å². The minimum absolute atomic E-state index is 0.793. The molecule has 1 aliphatic carbocycles. The molecule has 19 heavy (non-hydrogen) atoms. The van der Waals surface area contributed by atoms with Crippen LogP contribution in [0.3, 0.4) is 0 Å². The van der Waals surface area contributed by atoms with Crippen molar-refractivity contribution in [3.8, 4) is 16.9 Å². The van der Waals surface area contributed by atoms with Gasteiger partial charge in [-0.05, 0) is 0 Å². The van der Waals surface area contributed by atoms with Crippen LogP contribution < -0.4 is 7.86 Å². The zero-order valence-electron chi connectivity index (χ0n) is 11.0. The summed E-state index contributed by atoms with van der Waals surface area (Å²) in [5, 5.41) is 0. The maximum atomic E-state index is 5.83. The molecule has 0 atom stereocenters. The Balaban J connectivity index is 1.65. The molecule has 3 rings (SSSR count). The van der Waals surface area contributed by atoms with Crippen molar-refractivity contribution in [3.05, 3.63) is 48.5 Å². The van der Waals surface area contributed by atoms with Gasteiger partial charge >= 0.3 is 124 Å². The molecule has 1 nitrogen and oxygen atoms in total. The predicted molar refractivity (Wildman–Crippen MR) is 80.1 cm³/mol. The predicted octanol–water partition coefficient (Wildman–Crippen LogP) is 3.33. The Kier molecular flexibility index (Phi) is 4.21. The van der Waals surface area contributed by atoms with Crippen molar-refractivity contribution in [1.82, 2.24) is 0 Å². The summed E-state index contributed by atoms with van der Waals surface area (Å²) in [6, 6.07) is 17.3.